The average Bonchev–Trinajstić information content (AvgIpc) is 2.38. The van der Waals surface area contributed by atoms with Crippen LogP contribution in [0.1, 0.15) is 12.0 Å². The van der Waals surface area contributed by atoms with Crippen molar-refractivity contribution in [1.82, 2.24) is 4.98 Å². The summed E-state index contributed by atoms with van der Waals surface area (Å²) < 4.78 is 4.91. The number of amides is 1. The second-order valence-electron chi connectivity index (χ2n) is 3.85. The zero-order chi connectivity index (χ0) is 14.3. The molecule has 102 valence electrons. The summed E-state index contributed by atoms with van der Waals surface area (Å²) in [6, 6.07) is 3.43. The lowest BCUT2D eigenvalue weighted by Crippen LogP contribution is -2.34. The minimum atomic E-state index is -0.992. The van der Waals surface area contributed by atoms with Crippen LogP contribution in [0.5, 0.6) is 0 Å². The van der Waals surface area contributed by atoms with Crippen molar-refractivity contribution in [2.24, 2.45) is 0 Å². The van der Waals surface area contributed by atoms with Gasteiger partial charge in [-0.2, -0.15) is 0 Å². The third-order valence-electron chi connectivity index (χ3n) is 2.27. The number of carbonyl (C=O) groups excluding carboxylic acids is 1. The molecular formula is C13H16N2O4. The van der Waals surface area contributed by atoms with E-state index in [2.05, 4.69) is 11.6 Å². The van der Waals surface area contributed by atoms with Gasteiger partial charge in [-0.3, -0.25) is 9.69 Å². The lowest BCUT2D eigenvalue weighted by Gasteiger charge is -2.20. The molecule has 1 heterocycles. The van der Waals surface area contributed by atoms with Crippen LogP contribution in [0, 0.1) is 6.92 Å². The van der Waals surface area contributed by atoms with Crippen LogP contribution >= 0.6 is 0 Å². The first kappa shape index (κ1) is 14.7. The molecule has 6 heteroatoms. The van der Waals surface area contributed by atoms with Gasteiger partial charge in [0, 0.05) is 12.7 Å². The van der Waals surface area contributed by atoms with Crippen molar-refractivity contribution < 1.29 is 19.4 Å². The summed E-state index contributed by atoms with van der Waals surface area (Å²) in [6.45, 7) is 5.38. The number of carbonyl (C=O) groups is 2. The third-order valence-corrected chi connectivity index (χ3v) is 2.27. The van der Waals surface area contributed by atoms with Gasteiger partial charge in [-0.15, -0.1) is 0 Å². The Hall–Kier alpha value is -2.37. The van der Waals surface area contributed by atoms with Gasteiger partial charge in [-0.25, -0.2) is 9.78 Å². The number of ether oxygens (including phenoxy) is 1. The van der Waals surface area contributed by atoms with Crippen LogP contribution in [0.25, 0.3) is 0 Å². The van der Waals surface area contributed by atoms with Gasteiger partial charge < -0.3 is 9.84 Å². The molecule has 0 radical (unpaired) electrons. The number of aliphatic carboxylic acids is 1. The first-order valence-electron chi connectivity index (χ1n) is 5.74. The Kier molecular flexibility index (Phi) is 5.53. The number of pyridine rings is 1. The smallest absolute Gasteiger partial charge is 0.415 e. The van der Waals surface area contributed by atoms with E-state index in [1.54, 1.807) is 18.3 Å². The van der Waals surface area contributed by atoms with Gasteiger partial charge in [0.2, 0.25) is 0 Å². The zero-order valence-electron chi connectivity index (χ0n) is 10.7. The van der Waals surface area contributed by atoms with Gasteiger partial charge >= 0.3 is 12.1 Å². The molecule has 0 aliphatic heterocycles. The minimum Gasteiger partial charge on any atom is -0.481 e. The molecule has 0 aromatic carbocycles. The number of rotatable bonds is 6. The molecule has 0 aliphatic carbocycles. The maximum absolute atomic E-state index is 11.8. The summed E-state index contributed by atoms with van der Waals surface area (Å²) in [5, 5.41) is 8.70. The molecule has 1 aromatic rings. The fourth-order valence-electron chi connectivity index (χ4n) is 1.33. The molecule has 0 saturated heterocycles. The number of carboxylic acid groups (broad SMARTS) is 1. The van der Waals surface area contributed by atoms with Crippen LogP contribution in [0.2, 0.25) is 0 Å². The number of nitrogens with zero attached hydrogens (tertiary/aromatic N) is 2. The van der Waals surface area contributed by atoms with E-state index < -0.39 is 12.1 Å². The lowest BCUT2D eigenvalue weighted by molar-refractivity contribution is -0.136. The molecule has 1 N–H and O–H groups in total. The predicted octanol–water partition coefficient (Wildman–Crippen LogP) is 1.99. The van der Waals surface area contributed by atoms with Crippen molar-refractivity contribution >= 4 is 17.9 Å². The molecule has 1 aromatic heterocycles. The van der Waals surface area contributed by atoms with E-state index in [0.717, 1.165) is 5.56 Å². The van der Waals surface area contributed by atoms with Gasteiger partial charge in [0.25, 0.3) is 0 Å². The van der Waals surface area contributed by atoms with Crippen LogP contribution < -0.4 is 4.90 Å². The number of aromatic nitrogens is 1. The molecule has 0 aliphatic rings. The average molecular weight is 264 g/mol. The Bertz CT molecular complexity index is 456. The Morgan fingerprint density at radius 1 is 1.53 bits per heavy atom. The maximum atomic E-state index is 11.8. The first-order chi connectivity index (χ1) is 9.04. The van der Waals surface area contributed by atoms with E-state index in [1.165, 1.54) is 11.0 Å². The van der Waals surface area contributed by atoms with E-state index in [4.69, 9.17) is 9.84 Å². The zero-order valence-corrected chi connectivity index (χ0v) is 10.7. The van der Waals surface area contributed by atoms with Gasteiger partial charge in [-0.1, -0.05) is 18.7 Å². The summed E-state index contributed by atoms with van der Waals surface area (Å²) >= 11 is 0. The number of hydrogen-bond acceptors (Lipinski definition) is 4. The number of carboxylic acids is 1. The third kappa shape index (κ3) is 4.79. The van der Waals surface area contributed by atoms with Crippen LogP contribution in [0.3, 0.4) is 0 Å². The highest BCUT2D eigenvalue weighted by molar-refractivity contribution is 5.87. The van der Waals surface area contributed by atoms with E-state index >= 15 is 0 Å². The maximum Gasteiger partial charge on any atom is 0.415 e. The van der Waals surface area contributed by atoms with Gasteiger partial charge in [0.15, 0.2) is 0 Å². The lowest BCUT2D eigenvalue weighted by atomic mass is 10.3. The number of aryl methyl sites for hydroxylation is 1. The summed E-state index contributed by atoms with van der Waals surface area (Å²) in [6.07, 6.45) is 2.22. The molecule has 1 amide bonds. The molecule has 6 nitrogen and oxygen atoms in total. The van der Waals surface area contributed by atoms with E-state index in [-0.39, 0.29) is 19.6 Å². The fraction of sp³-hybridized carbons (Fsp3) is 0.308. The van der Waals surface area contributed by atoms with Crippen LogP contribution in [0.15, 0.2) is 31.0 Å². The van der Waals surface area contributed by atoms with Gasteiger partial charge in [0.1, 0.15) is 12.4 Å². The topological polar surface area (TPSA) is 79.7 Å². The van der Waals surface area contributed by atoms with E-state index in [1.807, 2.05) is 6.92 Å². The Balaban J connectivity index is 2.84. The van der Waals surface area contributed by atoms with Crippen LogP contribution in [0.4, 0.5) is 10.6 Å². The van der Waals surface area contributed by atoms with Crippen molar-refractivity contribution in [1.29, 1.82) is 0 Å². The van der Waals surface area contributed by atoms with Gasteiger partial charge in [0.05, 0.1) is 6.42 Å². The van der Waals surface area contributed by atoms with Crippen LogP contribution in [-0.4, -0.2) is 35.3 Å². The van der Waals surface area contributed by atoms with E-state index in [0.29, 0.717) is 5.82 Å². The van der Waals surface area contributed by atoms with Crippen molar-refractivity contribution in [2.75, 3.05) is 18.1 Å². The summed E-state index contributed by atoms with van der Waals surface area (Å²) in [5.41, 5.74) is 0.946. The standard InChI is InChI=1S/C13H16N2O4/c1-3-8-19-13(18)15(7-6-12(16)17)11-5-4-10(2)9-14-11/h3-5,9H,1,6-8H2,2H3,(H,16,17). The highest BCUT2D eigenvalue weighted by Gasteiger charge is 2.19. The molecule has 19 heavy (non-hydrogen) atoms. The van der Waals surface area contributed by atoms with Crippen molar-refractivity contribution in [3.63, 3.8) is 0 Å². The largest absolute Gasteiger partial charge is 0.481 e. The Morgan fingerprint density at radius 3 is 2.79 bits per heavy atom. The molecule has 1 rings (SSSR count). The molecule has 0 atom stereocenters. The fourth-order valence-corrected chi connectivity index (χ4v) is 1.33. The van der Waals surface area contributed by atoms with Gasteiger partial charge in [-0.05, 0) is 18.6 Å². The van der Waals surface area contributed by atoms with Crippen molar-refractivity contribution in [2.45, 2.75) is 13.3 Å². The number of hydrogen-bond donors (Lipinski definition) is 1. The number of anilines is 1. The highest BCUT2D eigenvalue weighted by atomic mass is 16.6. The molecule has 0 bridgehead atoms. The molecule has 0 unspecified atom stereocenters. The predicted molar refractivity (Wildman–Crippen MR) is 70.1 cm³/mol. The summed E-state index contributed by atoms with van der Waals surface area (Å²) in [4.78, 5) is 27.7. The van der Waals surface area contributed by atoms with Crippen LogP contribution in [-0.2, 0) is 9.53 Å². The van der Waals surface area contributed by atoms with E-state index in [9.17, 15) is 9.59 Å². The summed E-state index contributed by atoms with van der Waals surface area (Å²) in [7, 11) is 0. The minimum absolute atomic E-state index is 0.00136. The normalized spacial score (nSPS) is 9.74. The Morgan fingerprint density at radius 2 is 2.26 bits per heavy atom. The molecule has 0 spiro atoms. The highest BCUT2D eigenvalue weighted by Crippen LogP contribution is 2.13. The first-order valence-corrected chi connectivity index (χ1v) is 5.74. The van der Waals surface area contributed by atoms with Crippen molar-refractivity contribution in [3.05, 3.63) is 36.5 Å². The quantitative estimate of drug-likeness (QED) is 0.795. The second kappa shape index (κ2) is 7.15. The molecule has 0 saturated carbocycles. The Labute approximate surface area is 111 Å². The monoisotopic (exact) mass is 264 g/mol. The molecule has 0 fully saturated rings. The van der Waals surface area contributed by atoms with Crippen molar-refractivity contribution in [3.8, 4) is 0 Å². The second-order valence-corrected chi connectivity index (χ2v) is 3.85. The molecular weight excluding hydrogens is 248 g/mol. The summed E-state index contributed by atoms with van der Waals surface area (Å²) in [5.74, 6) is -0.630. The SMILES string of the molecule is C=CCOC(=O)N(CCC(=O)O)c1ccc(C)cn1.